The van der Waals surface area contributed by atoms with Gasteiger partial charge in [-0.2, -0.15) is 0 Å². The number of esters is 1. The highest BCUT2D eigenvalue weighted by atomic mass is 16.6. The number of rotatable bonds is 4. The number of carbonyl (C=O) groups is 2. The molecule has 0 aliphatic carbocycles. The number of fused-ring (bicyclic) bond motifs is 2. The van der Waals surface area contributed by atoms with Crippen molar-refractivity contribution in [3.05, 3.63) is 53.3 Å². The van der Waals surface area contributed by atoms with Crippen LogP contribution >= 0.6 is 0 Å². The Morgan fingerprint density at radius 3 is 2.47 bits per heavy atom. The zero-order chi connectivity index (χ0) is 23.5. The normalized spacial score (nSPS) is 36.0. The van der Waals surface area contributed by atoms with Gasteiger partial charge in [-0.3, -0.25) is 9.59 Å². The molecule has 2 aliphatic heterocycles. The van der Waals surface area contributed by atoms with Crippen molar-refractivity contribution in [3.8, 4) is 0 Å². The van der Waals surface area contributed by atoms with Crippen molar-refractivity contribution >= 4 is 11.8 Å². The van der Waals surface area contributed by atoms with E-state index in [9.17, 15) is 9.59 Å². The lowest BCUT2D eigenvalue weighted by Gasteiger charge is -2.30. The highest BCUT2D eigenvalue weighted by molar-refractivity contribution is 5.92. The molecule has 7 unspecified atom stereocenters. The van der Waals surface area contributed by atoms with E-state index in [0.717, 1.165) is 11.1 Å². The van der Waals surface area contributed by atoms with Gasteiger partial charge in [0.05, 0.1) is 24.7 Å². The molecule has 0 aromatic heterocycles. The number of ketones is 1. The summed E-state index contributed by atoms with van der Waals surface area (Å²) in [7, 11) is 0. The maximum Gasteiger partial charge on any atom is 0.311 e. The van der Waals surface area contributed by atoms with Crippen molar-refractivity contribution in [3.63, 3.8) is 0 Å². The number of ether oxygens (including phenoxy) is 3. The number of benzene rings is 1. The minimum absolute atomic E-state index is 0.00617. The average Bonchev–Trinajstić information content (AvgIpc) is 3.00. The summed E-state index contributed by atoms with van der Waals surface area (Å²) in [6.07, 6.45) is 1.93. The average molecular weight is 441 g/mol. The predicted octanol–water partition coefficient (Wildman–Crippen LogP) is 5.03. The second-order valence-corrected chi connectivity index (χ2v) is 9.53. The Balaban J connectivity index is 1.95. The highest BCUT2D eigenvalue weighted by Crippen LogP contribution is 2.40. The third-order valence-corrected chi connectivity index (χ3v) is 6.83. The van der Waals surface area contributed by atoms with Crippen molar-refractivity contribution < 1.29 is 23.8 Å². The van der Waals surface area contributed by atoms with E-state index in [1.54, 1.807) is 6.92 Å². The lowest BCUT2D eigenvalue weighted by molar-refractivity contribution is -0.161. The number of hydrogen-bond acceptors (Lipinski definition) is 5. The van der Waals surface area contributed by atoms with Gasteiger partial charge < -0.3 is 14.2 Å². The molecule has 2 heterocycles. The SMILES string of the molecule is CCC1OC(=O)C(C)C2OC(C)(CC(C)C(OCc3ccccc3)C=C=C1C)C(=O)C2C. The van der Waals surface area contributed by atoms with Crippen molar-refractivity contribution in [2.75, 3.05) is 0 Å². The fourth-order valence-electron chi connectivity index (χ4n) is 4.82. The highest BCUT2D eigenvalue weighted by Gasteiger charge is 2.53. The standard InChI is InChI=1S/C27H36O5/c1-7-22-17(2)13-14-23(30-16-21-11-9-8-10-12-21)18(3)15-27(6)25(28)19(4)24(32-27)20(5)26(29)31-22/h8-12,14,18-20,22-24H,7,15-16H2,1-6H3. The molecule has 0 radical (unpaired) electrons. The molecule has 174 valence electrons. The molecule has 3 rings (SSSR count). The van der Waals surface area contributed by atoms with Gasteiger partial charge in [-0.25, -0.2) is 0 Å². The summed E-state index contributed by atoms with van der Waals surface area (Å²) in [5.74, 6) is -1.19. The first-order valence-corrected chi connectivity index (χ1v) is 11.7. The summed E-state index contributed by atoms with van der Waals surface area (Å²) in [5, 5.41) is 0. The Kier molecular flexibility index (Phi) is 7.76. The van der Waals surface area contributed by atoms with E-state index < -0.39 is 17.6 Å². The molecule has 0 amide bonds. The maximum absolute atomic E-state index is 13.2. The van der Waals surface area contributed by atoms with Gasteiger partial charge in [0.1, 0.15) is 11.7 Å². The fourth-order valence-corrected chi connectivity index (χ4v) is 4.82. The van der Waals surface area contributed by atoms with E-state index in [-0.39, 0.29) is 35.8 Å². The zero-order valence-electron chi connectivity index (χ0n) is 20.1. The molecule has 0 spiro atoms. The molecule has 32 heavy (non-hydrogen) atoms. The van der Waals surface area contributed by atoms with Gasteiger partial charge in [0.25, 0.3) is 0 Å². The topological polar surface area (TPSA) is 61.8 Å². The summed E-state index contributed by atoms with van der Waals surface area (Å²) >= 11 is 0. The van der Waals surface area contributed by atoms with Crippen LogP contribution in [0, 0.1) is 17.8 Å². The van der Waals surface area contributed by atoms with Crippen LogP contribution in [-0.4, -0.2) is 35.7 Å². The van der Waals surface area contributed by atoms with Gasteiger partial charge in [-0.15, -0.1) is 5.73 Å². The van der Waals surface area contributed by atoms with E-state index in [4.69, 9.17) is 14.2 Å². The van der Waals surface area contributed by atoms with Crippen LogP contribution in [0.25, 0.3) is 0 Å². The van der Waals surface area contributed by atoms with Crippen LogP contribution in [0.2, 0.25) is 0 Å². The van der Waals surface area contributed by atoms with Gasteiger partial charge in [-0.05, 0) is 51.2 Å². The number of cyclic esters (lactones) is 1. The fraction of sp³-hybridized carbons (Fsp3) is 0.593. The van der Waals surface area contributed by atoms with E-state index in [0.29, 0.717) is 19.4 Å². The smallest absolute Gasteiger partial charge is 0.311 e. The van der Waals surface area contributed by atoms with Crippen LogP contribution in [0.4, 0.5) is 0 Å². The van der Waals surface area contributed by atoms with Crippen LogP contribution < -0.4 is 0 Å². The largest absolute Gasteiger partial charge is 0.457 e. The maximum atomic E-state index is 13.2. The molecule has 7 atom stereocenters. The summed E-state index contributed by atoms with van der Waals surface area (Å²) in [5.41, 5.74) is 4.29. The first-order chi connectivity index (χ1) is 15.2. The Hall–Kier alpha value is -2.20. The Labute approximate surface area is 191 Å². The molecule has 1 aromatic carbocycles. The Bertz CT molecular complexity index is 885. The molecule has 1 saturated heterocycles. The van der Waals surface area contributed by atoms with Crippen molar-refractivity contribution in [1.82, 2.24) is 0 Å². The minimum atomic E-state index is -0.961. The first kappa shape index (κ1) is 24.4. The molecule has 0 N–H and O–H groups in total. The van der Waals surface area contributed by atoms with Gasteiger partial charge in [0.15, 0.2) is 5.78 Å². The van der Waals surface area contributed by atoms with Crippen LogP contribution in [0.1, 0.15) is 59.9 Å². The second kappa shape index (κ2) is 10.2. The van der Waals surface area contributed by atoms with Crippen molar-refractivity contribution in [2.45, 2.75) is 84.9 Å². The number of hydrogen-bond donors (Lipinski definition) is 0. The lowest BCUT2D eigenvalue weighted by Crippen LogP contribution is -2.38. The number of Topliss-reactive ketones (excluding diaryl/α,β-unsaturated/α-hetero) is 1. The number of carbonyl (C=O) groups excluding carboxylic acids is 2. The van der Waals surface area contributed by atoms with Crippen molar-refractivity contribution in [1.29, 1.82) is 0 Å². The lowest BCUT2D eigenvalue weighted by atomic mass is 9.82. The van der Waals surface area contributed by atoms with Gasteiger partial charge in [0, 0.05) is 11.5 Å². The Morgan fingerprint density at radius 1 is 1.12 bits per heavy atom. The van der Waals surface area contributed by atoms with Crippen molar-refractivity contribution in [2.24, 2.45) is 17.8 Å². The van der Waals surface area contributed by atoms with Crippen LogP contribution in [-0.2, 0) is 30.4 Å². The summed E-state index contributed by atoms with van der Waals surface area (Å²) < 4.78 is 18.4. The third-order valence-electron chi connectivity index (χ3n) is 6.83. The quantitative estimate of drug-likeness (QED) is 0.485. The third kappa shape index (κ3) is 5.23. The Morgan fingerprint density at radius 2 is 1.81 bits per heavy atom. The molecular weight excluding hydrogens is 404 g/mol. The van der Waals surface area contributed by atoms with Gasteiger partial charge in [0.2, 0.25) is 0 Å². The molecule has 5 heteroatoms. The molecule has 0 saturated carbocycles. The van der Waals surface area contributed by atoms with Gasteiger partial charge >= 0.3 is 5.97 Å². The summed E-state index contributed by atoms with van der Waals surface area (Å²) in [4.78, 5) is 26.1. The molecule has 1 aromatic rings. The summed E-state index contributed by atoms with van der Waals surface area (Å²) in [6, 6.07) is 10.0. The van der Waals surface area contributed by atoms with E-state index in [1.807, 2.05) is 64.1 Å². The van der Waals surface area contributed by atoms with E-state index >= 15 is 0 Å². The van der Waals surface area contributed by atoms with Gasteiger partial charge in [-0.1, -0.05) is 51.1 Å². The van der Waals surface area contributed by atoms with Crippen LogP contribution in [0.5, 0.6) is 0 Å². The van der Waals surface area contributed by atoms with Crippen LogP contribution in [0.15, 0.2) is 47.7 Å². The first-order valence-electron chi connectivity index (χ1n) is 11.7. The minimum Gasteiger partial charge on any atom is -0.457 e. The van der Waals surface area contributed by atoms with E-state index in [1.165, 1.54) is 0 Å². The van der Waals surface area contributed by atoms with Crippen LogP contribution in [0.3, 0.4) is 0 Å². The van der Waals surface area contributed by atoms with E-state index in [2.05, 4.69) is 12.7 Å². The summed E-state index contributed by atoms with van der Waals surface area (Å²) in [6.45, 7) is 11.9. The predicted molar refractivity (Wildman–Crippen MR) is 123 cm³/mol. The molecule has 5 nitrogen and oxygen atoms in total. The molecular formula is C27H36O5. The zero-order valence-corrected chi connectivity index (χ0v) is 20.1. The molecule has 2 bridgehead atoms. The second-order valence-electron chi connectivity index (χ2n) is 9.53. The monoisotopic (exact) mass is 440 g/mol. The molecule has 2 aliphatic rings. The molecule has 1 fully saturated rings.